The molecule has 0 aromatic heterocycles. The minimum atomic E-state index is -0.793. The van der Waals surface area contributed by atoms with Crippen molar-refractivity contribution in [3.63, 3.8) is 0 Å². The second kappa shape index (κ2) is 6.60. The van der Waals surface area contributed by atoms with Crippen molar-refractivity contribution in [3.05, 3.63) is 35.4 Å². The van der Waals surface area contributed by atoms with Gasteiger partial charge >= 0.3 is 5.97 Å². The molecule has 0 heterocycles. The summed E-state index contributed by atoms with van der Waals surface area (Å²) in [4.78, 5) is 13.9. The normalized spacial score (nSPS) is 19.2. The highest BCUT2D eigenvalue weighted by Crippen LogP contribution is 2.53. The molecule has 2 rings (SSSR count). The standard InChI is InChI=1S/C16H16Cl2N2O2/c1-20(2)14-5-3-11(4-6-14)7-12(9-19)15(21)22-10-13-8-16(13,17)18/h3-7,13H,8,10H2,1-2H3/b12-7-/t13-/m0/s1. The highest BCUT2D eigenvalue weighted by molar-refractivity contribution is 6.50. The van der Waals surface area contributed by atoms with E-state index in [1.807, 2.05) is 49.3 Å². The number of ether oxygens (including phenoxy) is 1. The van der Waals surface area contributed by atoms with Gasteiger partial charge in [-0.15, -0.1) is 23.2 Å². The fraction of sp³-hybridized carbons (Fsp3) is 0.375. The number of benzene rings is 1. The number of anilines is 1. The molecule has 0 bridgehead atoms. The first kappa shape index (κ1) is 16.7. The van der Waals surface area contributed by atoms with Gasteiger partial charge in [-0.3, -0.25) is 0 Å². The Balaban J connectivity index is 2.00. The minimum Gasteiger partial charge on any atom is -0.461 e. The Morgan fingerprint density at radius 2 is 2.05 bits per heavy atom. The lowest BCUT2D eigenvalue weighted by atomic mass is 10.1. The summed E-state index contributed by atoms with van der Waals surface area (Å²) < 4.78 is 4.29. The van der Waals surface area contributed by atoms with Crippen LogP contribution in [0.1, 0.15) is 12.0 Å². The molecule has 0 spiro atoms. The first-order chi connectivity index (χ1) is 10.3. The molecular weight excluding hydrogens is 323 g/mol. The maximum absolute atomic E-state index is 11.9. The van der Waals surface area contributed by atoms with Gasteiger partial charge in [0.05, 0.1) is 6.61 Å². The highest BCUT2D eigenvalue weighted by Gasteiger charge is 2.52. The van der Waals surface area contributed by atoms with Crippen LogP contribution in [0.15, 0.2) is 29.8 Å². The Bertz CT molecular complexity index is 631. The molecule has 1 aliphatic rings. The number of nitrogens with zero attached hydrogens (tertiary/aromatic N) is 2. The molecule has 0 saturated heterocycles. The van der Waals surface area contributed by atoms with E-state index in [4.69, 9.17) is 33.2 Å². The van der Waals surface area contributed by atoms with Crippen molar-refractivity contribution in [2.75, 3.05) is 25.6 Å². The van der Waals surface area contributed by atoms with Crippen LogP contribution in [-0.2, 0) is 9.53 Å². The van der Waals surface area contributed by atoms with Gasteiger partial charge in [0.25, 0.3) is 0 Å². The Hall–Kier alpha value is -1.70. The zero-order chi connectivity index (χ0) is 16.3. The van der Waals surface area contributed by atoms with E-state index in [-0.39, 0.29) is 18.1 Å². The molecule has 0 amide bonds. The number of esters is 1. The van der Waals surface area contributed by atoms with E-state index in [0.29, 0.717) is 6.42 Å². The molecule has 116 valence electrons. The lowest BCUT2D eigenvalue weighted by molar-refractivity contribution is -0.138. The third kappa shape index (κ3) is 4.16. The van der Waals surface area contributed by atoms with Gasteiger partial charge in [-0.05, 0) is 30.2 Å². The van der Waals surface area contributed by atoms with Gasteiger partial charge in [-0.2, -0.15) is 5.26 Å². The van der Waals surface area contributed by atoms with Crippen LogP contribution in [0.5, 0.6) is 0 Å². The fourth-order valence-electron chi connectivity index (χ4n) is 1.88. The number of alkyl halides is 2. The summed E-state index contributed by atoms with van der Waals surface area (Å²) in [5.41, 5.74) is 1.75. The van der Waals surface area contributed by atoms with Crippen molar-refractivity contribution in [1.82, 2.24) is 0 Å². The summed E-state index contributed by atoms with van der Waals surface area (Å²) in [6, 6.07) is 9.35. The predicted octanol–water partition coefficient (Wildman–Crippen LogP) is 3.40. The van der Waals surface area contributed by atoms with E-state index in [0.717, 1.165) is 11.3 Å². The van der Waals surface area contributed by atoms with E-state index >= 15 is 0 Å². The van der Waals surface area contributed by atoms with Gasteiger partial charge in [0, 0.05) is 25.7 Å². The Morgan fingerprint density at radius 3 is 2.50 bits per heavy atom. The van der Waals surface area contributed by atoms with Crippen LogP contribution < -0.4 is 4.90 Å². The number of hydrogen-bond acceptors (Lipinski definition) is 4. The SMILES string of the molecule is CN(C)c1ccc(/C=C(/C#N)C(=O)OC[C@@H]2CC2(Cl)Cl)cc1. The van der Waals surface area contributed by atoms with Crippen LogP contribution in [0, 0.1) is 17.2 Å². The fourth-order valence-corrected chi connectivity index (χ4v) is 2.38. The topological polar surface area (TPSA) is 53.3 Å². The first-order valence-electron chi connectivity index (χ1n) is 6.77. The molecule has 22 heavy (non-hydrogen) atoms. The predicted molar refractivity (Wildman–Crippen MR) is 87.9 cm³/mol. The van der Waals surface area contributed by atoms with Crippen molar-refractivity contribution in [3.8, 4) is 6.07 Å². The summed E-state index contributed by atoms with van der Waals surface area (Å²) in [7, 11) is 3.88. The maximum Gasteiger partial charge on any atom is 0.348 e. The summed E-state index contributed by atoms with van der Waals surface area (Å²) >= 11 is 11.7. The van der Waals surface area contributed by atoms with Crippen molar-refractivity contribution in [2.45, 2.75) is 10.8 Å². The van der Waals surface area contributed by atoms with Gasteiger partial charge in [-0.1, -0.05) is 12.1 Å². The quantitative estimate of drug-likeness (QED) is 0.357. The average molecular weight is 339 g/mol. The molecule has 1 aliphatic carbocycles. The van der Waals surface area contributed by atoms with Crippen molar-refractivity contribution in [2.24, 2.45) is 5.92 Å². The molecule has 4 nitrogen and oxygen atoms in total. The van der Waals surface area contributed by atoms with Gasteiger partial charge in [0.2, 0.25) is 0 Å². The summed E-state index contributed by atoms with van der Waals surface area (Å²) in [6.45, 7) is 0.129. The molecule has 1 aromatic carbocycles. The first-order valence-corrected chi connectivity index (χ1v) is 7.53. The summed E-state index contributed by atoms with van der Waals surface area (Å²) in [6.07, 6.45) is 2.10. The monoisotopic (exact) mass is 338 g/mol. The number of carbonyl (C=O) groups is 1. The maximum atomic E-state index is 11.9. The van der Waals surface area contributed by atoms with Crippen LogP contribution in [0.3, 0.4) is 0 Å². The number of carbonyl (C=O) groups excluding carboxylic acids is 1. The molecule has 0 N–H and O–H groups in total. The Labute approximate surface area is 139 Å². The average Bonchev–Trinajstić information content (AvgIpc) is 3.10. The highest BCUT2D eigenvalue weighted by atomic mass is 35.5. The molecule has 1 atom stereocenters. The molecule has 0 radical (unpaired) electrons. The lowest BCUT2D eigenvalue weighted by Gasteiger charge is -2.11. The number of nitriles is 1. The molecular formula is C16H16Cl2N2O2. The van der Waals surface area contributed by atoms with Crippen molar-refractivity contribution < 1.29 is 9.53 Å². The molecule has 1 saturated carbocycles. The van der Waals surface area contributed by atoms with E-state index in [1.165, 1.54) is 6.08 Å². The van der Waals surface area contributed by atoms with Crippen LogP contribution in [0.4, 0.5) is 5.69 Å². The molecule has 1 aromatic rings. The van der Waals surface area contributed by atoms with Gasteiger partial charge in [0.1, 0.15) is 16.0 Å². The second-order valence-corrected chi connectivity index (χ2v) is 6.96. The zero-order valence-electron chi connectivity index (χ0n) is 12.3. The van der Waals surface area contributed by atoms with E-state index in [1.54, 1.807) is 0 Å². The van der Waals surface area contributed by atoms with E-state index in [2.05, 4.69) is 0 Å². The molecule has 6 heteroatoms. The molecule has 1 fully saturated rings. The Morgan fingerprint density at radius 1 is 1.45 bits per heavy atom. The van der Waals surface area contributed by atoms with Crippen LogP contribution in [0.25, 0.3) is 6.08 Å². The van der Waals surface area contributed by atoms with Gasteiger partial charge < -0.3 is 9.64 Å². The molecule has 0 aliphatic heterocycles. The smallest absolute Gasteiger partial charge is 0.348 e. The van der Waals surface area contributed by atoms with Crippen molar-refractivity contribution >= 4 is 40.9 Å². The van der Waals surface area contributed by atoms with Gasteiger partial charge in [0.15, 0.2) is 0 Å². The number of hydrogen-bond donors (Lipinski definition) is 0. The third-order valence-electron chi connectivity index (χ3n) is 3.43. The van der Waals surface area contributed by atoms with Crippen LogP contribution in [-0.4, -0.2) is 31.0 Å². The largest absolute Gasteiger partial charge is 0.461 e. The number of halogens is 2. The van der Waals surface area contributed by atoms with Crippen LogP contribution >= 0.6 is 23.2 Å². The van der Waals surface area contributed by atoms with E-state index < -0.39 is 10.3 Å². The summed E-state index contributed by atoms with van der Waals surface area (Å²) in [5, 5.41) is 9.10. The third-order valence-corrected chi connectivity index (χ3v) is 4.36. The van der Waals surface area contributed by atoms with Crippen molar-refractivity contribution in [1.29, 1.82) is 5.26 Å². The van der Waals surface area contributed by atoms with Gasteiger partial charge in [-0.25, -0.2) is 4.79 Å². The van der Waals surface area contributed by atoms with E-state index in [9.17, 15) is 4.79 Å². The van der Waals surface area contributed by atoms with Crippen LogP contribution in [0.2, 0.25) is 0 Å². The lowest BCUT2D eigenvalue weighted by Crippen LogP contribution is -2.11. The minimum absolute atomic E-state index is 0.0482. The summed E-state index contributed by atoms with van der Waals surface area (Å²) in [5.74, 6) is -0.714. The second-order valence-electron chi connectivity index (χ2n) is 5.42. The zero-order valence-corrected chi connectivity index (χ0v) is 13.9. The Kier molecular flexibility index (Phi) is 5.00. The number of rotatable bonds is 5. The molecule has 0 unspecified atom stereocenters.